The smallest absolute Gasteiger partial charge is 0.272 e. The van der Waals surface area contributed by atoms with E-state index in [1.54, 1.807) is 30.2 Å². The van der Waals surface area contributed by atoms with Gasteiger partial charge in [-0.05, 0) is 12.8 Å². The number of carbonyl (C=O) groups excluding carboxylic acids is 1. The normalized spacial score (nSPS) is 13.6. The molecular formula is C17H19ClN4O3. The molecule has 1 aromatic heterocycles. The van der Waals surface area contributed by atoms with Gasteiger partial charge in [0.1, 0.15) is 29.3 Å². The molecule has 0 aliphatic carbocycles. The van der Waals surface area contributed by atoms with E-state index in [4.69, 9.17) is 21.1 Å². The lowest BCUT2D eigenvalue weighted by Gasteiger charge is -2.16. The molecule has 1 amide bonds. The summed E-state index contributed by atoms with van der Waals surface area (Å²) in [6.45, 7) is 1.54. The Bertz CT molecular complexity index is 778. The molecule has 2 aromatic rings. The summed E-state index contributed by atoms with van der Waals surface area (Å²) in [5.41, 5.74) is 0.987. The van der Waals surface area contributed by atoms with Crippen LogP contribution in [0.3, 0.4) is 0 Å². The van der Waals surface area contributed by atoms with Gasteiger partial charge in [0.25, 0.3) is 5.91 Å². The number of nitrogens with one attached hydrogen (secondary N) is 1. The van der Waals surface area contributed by atoms with E-state index in [1.807, 2.05) is 0 Å². The Hall–Kier alpha value is -2.54. The third-order valence-electron chi connectivity index (χ3n) is 4.02. The van der Waals surface area contributed by atoms with Crippen molar-refractivity contribution in [3.8, 4) is 11.5 Å². The number of rotatable bonds is 5. The highest BCUT2D eigenvalue weighted by Gasteiger charge is 2.21. The van der Waals surface area contributed by atoms with Gasteiger partial charge in [-0.15, -0.1) is 0 Å². The van der Waals surface area contributed by atoms with Gasteiger partial charge in [-0.1, -0.05) is 11.6 Å². The van der Waals surface area contributed by atoms with Crippen molar-refractivity contribution in [3.63, 3.8) is 0 Å². The first-order valence-corrected chi connectivity index (χ1v) is 8.30. The van der Waals surface area contributed by atoms with Crippen molar-refractivity contribution >= 4 is 29.0 Å². The lowest BCUT2D eigenvalue weighted by molar-refractivity contribution is 0.0787. The zero-order valence-electron chi connectivity index (χ0n) is 14.1. The molecule has 3 rings (SSSR count). The molecule has 132 valence electrons. The van der Waals surface area contributed by atoms with Crippen molar-refractivity contribution in [1.82, 2.24) is 14.9 Å². The van der Waals surface area contributed by atoms with Crippen molar-refractivity contribution in [2.75, 3.05) is 32.6 Å². The number of benzene rings is 1. The van der Waals surface area contributed by atoms with E-state index in [2.05, 4.69) is 15.3 Å². The zero-order valence-corrected chi connectivity index (χ0v) is 14.8. The first-order chi connectivity index (χ1) is 12.1. The number of amides is 1. The maximum absolute atomic E-state index is 12.5. The molecule has 1 fully saturated rings. The van der Waals surface area contributed by atoms with Crippen molar-refractivity contribution < 1.29 is 14.3 Å². The first-order valence-electron chi connectivity index (χ1n) is 7.92. The maximum Gasteiger partial charge on any atom is 0.272 e. The highest BCUT2D eigenvalue weighted by atomic mass is 35.5. The number of halogens is 1. The minimum Gasteiger partial charge on any atom is -0.495 e. The molecule has 0 saturated carbocycles. The summed E-state index contributed by atoms with van der Waals surface area (Å²) in [4.78, 5) is 22.5. The Kier molecular flexibility index (Phi) is 5.23. The van der Waals surface area contributed by atoms with Crippen LogP contribution in [0.4, 0.5) is 11.5 Å². The van der Waals surface area contributed by atoms with Gasteiger partial charge < -0.3 is 19.7 Å². The molecule has 8 heteroatoms. The number of hydrogen-bond acceptors (Lipinski definition) is 6. The molecule has 1 aliphatic rings. The molecule has 1 N–H and O–H groups in total. The van der Waals surface area contributed by atoms with Gasteiger partial charge in [-0.2, -0.15) is 0 Å². The van der Waals surface area contributed by atoms with Crippen LogP contribution in [0.2, 0.25) is 5.02 Å². The van der Waals surface area contributed by atoms with E-state index in [9.17, 15) is 4.79 Å². The number of methoxy groups -OCH3 is 2. The first kappa shape index (κ1) is 17.3. The average Bonchev–Trinajstić information content (AvgIpc) is 3.17. The Balaban J connectivity index is 1.86. The van der Waals surface area contributed by atoms with Crippen LogP contribution in [0.25, 0.3) is 0 Å². The number of carbonyl (C=O) groups is 1. The summed E-state index contributed by atoms with van der Waals surface area (Å²) in [5.74, 6) is 1.45. The van der Waals surface area contributed by atoms with Crippen LogP contribution in [0.1, 0.15) is 23.3 Å². The van der Waals surface area contributed by atoms with E-state index < -0.39 is 0 Å². The SMILES string of the molecule is COc1cc(Nc2cc(C(=O)N3CCCC3)ncn2)c(OC)cc1Cl. The van der Waals surface area contributed by atoms with Crippen LogP contribution in [0.5, 0.6) is 11.5 Å². The molecule has 0 bridgehead atoms. The molecule has 0 radical (unpaired) electrons. The molecule has 0 spiro atoms. The molecule has 1 aliphatic heterocycles. The number of nitrogens with zero attached hydrogens (tertiary/aromatic N) is 3. The van der Waals surface area contributed by atoms with Crippen LogP contribution >= 0.6 is 11.6 Å². The molecule has 1 aromatic carbocycles. The van der Waals surface area contributed by atoms with Gasteiger partial charge in [-0.3, -0.25) is 4.79 Å². The van der Waals surface area contributed by atoms with Gasteiger partial charge in [0.2, 0.25) is 0 Å². The van der Waals surface area contributed by atoms with E-state index >= 15 is 0 Å². The quantitative estimate of drug-likeness (QED) is 0.880. The lowest BCUT2D eigenvalue weighted by atomic mass is 10.2. The predicted octanol–water partition coefficient (Wildman–Crippen LogP) is 3.13. The third kappa shape index (κ3) is 3.76. The second-order valence-electron chi connectivity index (χ2n) is 5.60. The van der Waals surface area contributed by atoms with E-state index in [0.29, 0.717) is 33.7 Å². The number of anilines is 2. The number of hydrogen-bond donors (Lipinski definition) is 1. The highest BCUT2D eigenvalue weighted by molar-refractivity contribution is 6.32. The van der Waals surface area contributed by atoms with Gasteiger partial charge in [0.15, 0.2) is 0 Å². The van der Waals surface area contributed by atoms with Crippen molar-refractivity contribution in [2.24, 2.45) is 0 Å². The monoisotopic (exact) mass is 362 g/mol. The summed E-state index contributed by atoms with van der Waals surface area (Å²) in [6, 6.07) is 4.99. The summed E-state index contributed by atoms with van der Waals surface area (Å²) >= 11 is 6.11. The fraction of sp³-hybridized carbons (Fsp3) is 0.353. The van der Waals surface area contributed by atoms with Crippen LogP contribution in [0.15, 0.2) is 24.5 Å². The standard InChI is InChI=1S/C17H19ClN4O3/c1-24-14-8-12(15(25-2)7-11(14)18)21-16-9-13(19-10-20-16)17(23)22-5-3-4-6-22/h7-10H,3-6H2,1-2H3,(H,19,20,21). The minimum atomic E-state index is -0.0800. The van der Waals surface area contributed by atoms with Crippen LogP contribution in [0, 0.1) is 0 Å². The van der Waals surface area contributed by atoms with Crippen LogP contribution in [-0.4, -0.2) is 48.1 Å². The second-order valence-corrected chi connectivity index (χ2v) is 6.01. The van der Waals surface area contributed by atoms with Crippen molar-refractivity contribution in [1.29, 1.82) is 0 Å². The highest BCUT2D eigenvalue weighted by Crippen LogP contribution is 2.37. The topological polar surface area (TPSA) is 76.6 Å². The zero-order chi connectivity index (χ0) is 17.8. The molecular weight excluding hydrogens is 344 g/mol. The van der Waals surface area contributed by atoms with Crippen LogP contribution < -0.4 is 14.8 Å². The van der Waals surface area contributed by atoms with Crippen molar-refractivity contribution in [3.05, 3.63) is 35.2 Å². The minimum absolute atomic E-state index is 0.0800. The summed E-state index contributed by atoms with van der Waals surface area (Å²) in [7, 11) is 3.08. The fourth-order valence-corrected chi connectivity index (χ4v) is 2.95. The summed E-state index contributed by atoms with van der Waals surface area (Å²) in [5, 5.41) is 3.57. The maximum atomic E-state index is 12.5. The average molecular weight is 363 g/mol. The third-order valence-corrected chi connectivity index (χ3v) is 4.31. The molecule has 0 atom stereocenters. The van der Waals surface area contributed by atoms with Gasteiger partial charge >= 0.3 is 0 Å². The van der Waals surface area contributed by atoms with Gasteiger partial charge in [0, 0.05) is 31.3 Å². The summed E-state index contributed by atoms with van der Waals surface area (Å²) < 4.78 is 10.6. The largest absolute Gasteiger partial charge is 0.495 e. The summed E-state index contributed by atoms with van der Waals surface area (Å²) in [6.07, 6.45) is 3.43. The van der Waals surface area contributed by atoms with E-state index in [1.165, 1.54) is 13.4 Å². The van der Waals surface area contributed by atoms with Crippen LogP contribution in [-0.2, 0) is 0 Å². The van der Waals surface area contributed by atoms with Crippen molar-refractivity contribution in [2.45, 2.75) is 12.8 Å². The Morgan fingerprint density at radius 1 is 1.12 bits per heavy atom. The predicted molar refractivity (Wildman–Crippen MR) is 95.0 cm³/mol. The fourth-order valence-electron chi connectivity index (χ4n) is 2.72. The molecule has 1 saturated heterocycles. The Morgan fingerprint density at radius 2 is 1.84 bits per heavy atom. The number of aromatic nitrogens is 2. The van der Waals surface area contributed by atoms with Gasteiger partial charge in [-0.25, -0.2) is 9.97 Å². The van der Waals surface area contributed by atoms with E-state index in [-0.39, 0.29) is 5.91 Å². The molecule has 2 heterocycles. The molecule has 7 nitrogen and oxygen atoms in total. The van der Waals surface area contributed by atoms with Gasteiger partial charge in [0.05, 0.1) is 24.9 Å². The lowest BCUT2D eigenvalue weighted by Crippen LogP contribution is -2.28. The number of likely N-dealkylation sites (tertiary alicyclic amines) is 1. The molecule has 25 heavy (non-hydrogen) atoms. The second kappa shape index (κ2) is 7.57. The number of ether oxygens (including phenoxy) is 2. The molecule has 0 unspecified atom stereocenters. The van der Waals surface area contributed by atoms with E-state index in [0.717, 1.165) is 25.9 Å². The Labute approximate surface area is 150 Å². The Morgan fingerprint density at radius 3 is 2.52 bits per heavy atom.